The van der Waals surface area contributed by atoms with Crippen molar-refractivity contribution < 1.29 is 0 Å². The van der Waals surface area contributed by atoms with Crippen molar-refractivity contribution in [3.05, 3.63) is 46.1 Å². The van der Waals surface area contributed by atoms with Crippen molar-refractivity contribution in [2.24, 2.45) is 46.3 Å². The number of allylic oxidation sites excluding steroid dienone is 8. The second kappa shape index (κ2) is 14.5. The predicted octanol–water partition coefficient (Wildman–Crippen LogP) is 12.8. The molecule has 42 heavy (non-hydrogen) atoms. The molecule has 0 saturated heterocycles. The monoisotopic (exact) mass is 571 g/mol. The molecule has 0 N–H and O–H groups in total. The first-order valence-electron chi connectivity index (χ1n) is 18.3. The molecule has 4 rings (SSSR count). The molecule has 6 atom stereocenters. The van der Waals surface area contributed by atoms with Gasteiger partial charge in [0, 0.05) is 5.92 Å². The van der Waals surface area contributed by atoms with Gasteiger partial charge in [-0.3, -0.25) is 0 Å². The van der Waals surface area contributed by atoms with Gasteiger partial charge in [0.1, 0.15) is 0 Å². The molecule has 6 unspecified atom stereocenters. The molecule has 4 aliphatic carbocycles. The second-order valence-corrected chi connectivity index (χ2v) is 15.9. The molecule has 0 aromatic carbocycles. The molecule has 0 heterocycles. The van der Waals surface area contributed by atoms with Gasteiger partial charge in [0.15, 0.2) is 0 Å². The summed E-state index contributed by atoms with van der Waals surface area (Å²) in [5.74, 6) is 10.9. The number of hydrogen-bond acceptors (Lipinski definition) is 0. The smallest absolute Gasteiger partial charge is 0.00226 e. The van der Waals surface area contributed by atoms with E-state index < -0.39 is 0 Å². The number of hydrogen-bond donors (Lipinski definition) is 0. The van der Waals surface area contributed by atoms with Crippen LogP contribution in [-0.4, -0.2) is 0 Å². The zero-order chi connectivity index (χ0) is 30.5. The summed E-state index contributed by atoms with van der Waals surface area (Å²) in [6.45, 7) is 21.9. The molecular weight excluding hydrogens is 504 g/mol. The van der Waals surface area contributed by atoms with E-state index in [1.54, 1.807) is 22.3 Å². The topological polar surface area (TPSA) is 0 Å². The first-order chi connectivity index (χ1) is 20.1. The van der Waals surface area contributed by atoms with E-state index in [-0.39, 0.29) is 0 Å². The van der Waals surface area contributed by atoms with E-state index in [0.717, 1.165) is 29.6 Å². The highest BCUT2D eigenvalue weighted by Gasteiger charge is 2.64. The van der Waals surface area contributed by atoms with Gasteiger partial charge in [-0.25, -0.2) is 0 Å². The van der Waals surface area contributed by atoms with E-state index in [4.69, 9.17) is 0 Å². The minimum absolute atomic E-state index is 0.453. The molecule has 0 amide bonds. The van der Waals surface area contributed by atoms with Crippen molar-refractivity contribution in [1.82, 2.24) is 0 Å². The van der Waals surface area contributed by atoms with Crippen molar-refractivity contribution in [1.29, 1.82) is 0 Å². The first-order valence-corrected chi connectivity index (χ1v) is 18.3. The lowest BCUT2D eigenvalue weighted by Gasteiger charge is -2.69. The van der Waals surface area contributed by atoms with Crippen LogP contribution in [0.3, 0.4) is 0 Å². The normalized spacial score (nSPS) is 27.3. The van der Waals surface area contributed by atoms with Crippen LogP contribution >= 0.6 is 0 Å². The third kappa shape index (κ3) is 6.92. The van der Waals surface area contributed by atoms with E-state index in [1.165, 1.54) is 102 Å². The van der Waals surface area contributed by atoms with Crippen LogP contribution in [0.15, 0.2) is 46.1 Å². The van der Waals surface area contributed by atoms with Crippen LogP contribution in [0.1, 0.15) is 159 Å². The quantitative estimate of drug-likeness (QED) is 0.153. The molecule has 4 fully saturated rings. The summed E-state index contributed by atoms with van der Waals surface area (Å²) in [4.78, 5) is 0. The van der Waals surface area contributed by atoms with Crippen molar-refractivity contribution in [3.8, 4) is 11.8 Å². The molecule has 234 valence electrons. The summed E-state index contributed by atoms with van der Waals surface area (Å²) in [6.07, 6.45) is 28.4. The Morgan fingerprint density at radius 1 is 0.833 bits per heavy atom. The van der Waals surface area contributed by atoms with Crippen molar-refractivity contribution in [2.75, 3.05) is 0 Å². The van der Waals surface area contributed by atoms with Gasteiger partial charge in [0.05, 0.1) is 0 Å². The Bertz CT molecular complexity index is 1080. The maximum Gasteiger partial charge on any atom is 0.00226 e. The fraction of sp³-hybridized carbons (Fsp3) is 0.762. The highest BCUT2D eigenvalue weighted by molar-refractivity contribution is 5.41. The van der Waals surface area contributed by atoms with Crippen molar-refractivity contribution in [3.63, 3.8) is 0 Å². The van der Waals surface area contributed by atoms with Crippen LogP contribution in [0.2, 0.25) is 0 Å². The average Bonchev–Trinajstić information content (AvgIpc) is 3.41. The summed E-state index contributed by atoms with van der Waals surface area (Å²) in [6, 6.07) is 0. The van der Waals surface area contributed by atoms with Gasteiger partial charge in [0.25, 0.3) is 0 Å². The second-order valence-electron chi connectivity index (χ2n) is 15.9. The summed E-state index contributed by atoms with van der Waals surface area (Å²) in [5.41, 5.74) is 9.14. The van der Waals surface area contributed by atoms with Crippen molar-refractivity contribution >= 4 is 0 Å². The molecule has 4 saturated carbocycles. The molecule has 0 aromatic rings. The van der Waals surface area contributed by atoms with Gasteiger partial charge in [-0.1, -0.05) is 102 Å². The standard InChI is InChI=1S/C42H66/c1-10-16-31(5)21-22-38(34(8)40(28-36-17-14-18-36)37-19-12-13-20-37)29-42(26-25-41(42)23-15-24-41)35(9)39(11-2)33(7)27-32(6)30(3)4/h21-22,28,30,32-35,39H,11-15,17-20,23-27,29H2,1-9H3. The Balaban J connectivity index is 1.74. The van der Waals surface area contributed by atoms with E-state index in [0.29, 0.717) is 16.7 Å². The fourth-order valence-corrected chi connectivity index (χ4v) is 9.75. The van der Waals surface area contributed by atoms with Gasteiger partial charge in [-0.05, 0) is 149 Å². The van der Waals surface area contributed by atoms with Crippen LogP contribution in [0.4, 0.5) is 0 Å². The minimum Gasteiger partial charge on any atom is -0.102 e. The van der Waals surface area contributed by atoms with Gasteiger partial charge in [-0.15, -0.1) is 5.92 Å². The van der Waals surface area contributed by atoms with Crippen molar-refractivity contribution in [2.45, 2.75) is 159 Å². The van der Waals surface area contributed by atoms with E-state index in [2.05, 4.69) is 85.5 Å². The molecule has 0 bridgehead atoms. The Morgan fingerprint density at radius 3 is 2.00 bits per heavy atom. The molecular formula is C42H66. The molecule has 0 radical (unpaired) electrons. The van der Waals surface area contributed by atoms with E-state index >= 15 is 0 Å². The maximum atomic E-state index is 3.34. The largest absolute Gasteiger partial charge is 0.102 e. The molecule has 0 aliphatic heterocycles. The number of rotatable bonds is 13. The predicted molar refractivity (Wildman–Crippen MR) is 185 cm³/mol. The van der Waals surface area contributed by atoms with Gasteiger partial charge >= 0.3 is 0 Å². The van der Waals surface area contributed by atoms with Gasteiger partial charge in [-0.2, -0.15) is 0 Å². The summed E-state index contributed by atoms with van der Waals surface area (Å²) in [5, 5.41) is 0. The highest BCUT2D eigenvalue weighted by Crippen LogP contribution is 2.73. The van der Waals surface area contributed by atoms with Gasteiger partial charge in [0.2, 0.25) is 0 Å². The Morgan fingerprint density at radius 2 is 1.52 bits per heavy atom. The van der Waals surface area contributed by atoms with Crippen LogP contribution in [0.25, 0.3) is 0 Å². The molecule has 4 aliphatic rings. The first kappa shape index (κ1) is 33.4. The molecule has 0 heteroatoms. The van der Waals surface area contributed by atoms with Gasteiger partial charge < -0.3 is 0 Å². The van der Waals surface area contributed by atoms with Crippen LogP contribution in [0, 0.1) is 58.2 Å². The molecule has 1 spiro atoms. The van der Waals surface area contributed by atoms with Crippen LogP contribution in [0.5, 0.6) is 0 Å². The summed E-state index contributed by atoms with van der Waals surface area (Å²) < 4.78 is 0. The Labute approximate surface area is 262 Å². The fourth-order valence-electron chi connectivity index (χ4n) is 9.75. The van der Waals surface area contributed by atoms with E-state index in [9.17, 15) is 0 Å². The Hall–Kier alpha value is -1.48. The lowest BCUT2D eigenvalue weighted by molar-refractivity contribution is -0.187. The summed E-state index contributed by atoms with van der Waals surface area (Å²) >= 11 is 0. The SMILES string of the molecule is CC#CC(C)=CC=C(CC1(C(C)C(CC)C(C)CC(C)C(C)C)CCC12CCC2)C(C)C(C=C1CCC1)=C1CCCC1. The zero-order valence-corrected chi connectivity index (χ0v) is 29.3. The zero-order valence-electron chi connectivity index (χ0n) is 29.3. The Kier molecular flexibility index (Phi) is 11.6. The lowest BCUT2D eigenvalue weighted by atomic mass is 9.35. The molecule has 0 nitrogen and oxygen atoms in total. The van der Waals surface area contributed by atoms with E-state index in [1.807, 2.05) is 6.92 Å². The third-order valence-corrected chi connectivity index (χ3v) is 13.4. The maximum absolute atomic E-state index is 3.34. The molecule has 0 aromatic heterocycles. The van der Waals surface area contributed by atoms with Crippen LogP contribution < -0.4 is 0 Å². The lowest BCUT2D eigenvalue weighted by Crippen LogP contribution is -2.60. The third-order valence-electron chi connectivity index (χ3n) is 13.4. The highest BCUT2D eigenvalue weighted by atomic mass is 14.7. The average molecular weight is 571 g/mol. The van der Waals surface area contributed by atoms with Crippen LogP contribution in [-0.2, 0) is 0 Å². The minimum atomic E-state index is 0.453. The summed E-state index contributed by atoms with van der Waals surface area (Å²) in [7, 11) is 0.